The van der Waals surface area contributed by atoms with Gasteiger partial charge in [-0.1, -0.05) is 35.9 Å². The van der Waals surface area contributed by atoms with E-state index < -0.39 is 0 Å². The molecule has 0 saturated heterocycles. The summed E-state index contributed by atoms with van der Waals surface area (Å²) in [5.74, 6) is 0.823. The van der Waals surface area contributed by atoms with Gasteiger partial charge in [-0.05, 0) is 78.6 Å². The fourth-order valence-electron chi connectivity index (χ4n) is 2.46. The first-order chi connectivity index (χ1) is 12.1. The fourth-order valence-corrected chi connectivity index (χ4v) is 2.68. The third-order valence-corrected chi connectivity index (χ3v) is 4.34. The van der Waals surface area contributed by atoms with Gasteiger partial charge in [-0.15, -0.1) is 0 Å². The molecule has 0 unspecified atom stereocenters. The number of ether oxygens (including phenoxy) is 1. The minimum atomic E-state index is 0.497. The van der Waals surface area contributed by atoms with Gasteiger partial charge in [0.25, 0.3) is 0 Å². The Kier molecular flexibility index (Phi) is 5.52. The summed E-state index contributed by atoms with van der Waals surface area (Å²) in [6.07, 6.45) is 1.88. The molecule has 0 N–H and O–H groups in total. The van der Waals surface area contributed by atoms with Crippen LogP contribution >= 0.6 is 11.6 Å². The molecule has 0 aliphatic rings. The zero-order valence-corrected chi connectivity index (χ0v) is 15.1. The van der Waals surface area contributed by atoms with Crippen LogP contribution in [0.25, 0.3) is 0 Å². The molecule has 3 heteroatoms. The van der Waals surface area contributed by atoms with E-state index >= 15 is 0 Å². The van der Waals surface area contributed by atoms with Crippen LogP contribution in [0.2, 0.25) is 5.02 Å². The van der Waals surface area contributed by atoms with Crippen molar-refractivity contribution in [1.29, 1.82) is 0 Å². The number of hydrogen-bond donors (Lipinski definition) is 0. The molecular formula is C22H20ClNO. The lowest BCUT2D eigenvalue weighted by molar-refractivity contribution is 0.306. The molecule has 126 valence electrons. The number of rotatable bonds is 5. The number of aryl methyl sites for hydroxylation is 1. The molecule has 0 saturated carbocycles. The molecule has 3 aromatic carbocycles. The summed E-state index contributed by atoms with van der Waals surface area (Å²) < 4.78 is 5.80. The van der Waals surface area contributed by atoms with E-state index in [1.54, 1.807) is 0 Å². The van der Waals surface area contributed by atoms with Crippen molar-refractivity contribution in [2.75, 3.05) is 0 Å². The van der Waals surface area contributed by atoms with E-state index in [0.29, 0.717) is 6.61 Å². The lowest BCUT2D eigenvalue weighted by Crippen LogP contribution is -1.95. The van der Waals surface area contributed by atoms with E-state index in [2.05, 4.69) is 24.9 Å². The number of aliphatic imine (C=N–C) groups is 1. The van der Waals surface area contributed by atoms with E-state index in [-0.39, 0.29) is 0 Å². The standard InChI is InChI=1S/C22H20ClNO/c1-16-5-3-8-22(17(16)2)24-14-18-9-11-21(12-10-18)25-15-19-6-4-7-20(23)13-19/h3-14H,15H2,1-2H3. The number of halogens is 1. The van der Waals surface area contributed by atoms with E-state index in [1.165, 1.54) is 11.1 Å². The van der Waals surface area contributed by atoms with Gasteiger partial charge in [-0.3, -0.25) is 4.99 Å². The second-order valence-corrected chi connectivity index (χ2v) is 6.40. The lowest BCUT2D eigenvalue weighted by atomic mass is 10.1. The van der Waals surface area contributed by atoms with Crippen molar-refractivity contribution in [2.24, 2.45) is 4.99 Å². The summed E-state index contributed by atoms with van der Waals surface area (Å²) in [5, 5.41) is 0.721. The predicted octanol–water partition coefficient (Wildman–Crippen LogP) is 6.29. The summed E-state index contributed by atoms with van der Waals surface area (Å²) in [6.45, 7) is 4.69. The molecule has 0 aliphatic heterocycles. The highest BCUT2D eigenvalue weighted by Crippen LogP contribution is 2.21. The van der Waals surface area contributed by atoms with Crippen LogP contribution in [0.5, 0.6) is 5.75 Å². The van der Waals surface area contributed by atoms with Gasteiger partial charge >= 0.3 is 0 Å². The van der Waals surface area contributed by atoms with E-state index in [1.807, 2.05) is 66.9 Å². The average Bonchev–Trinajstić information content (AvgIpc) is 2.62. The fraction of sp³-hybridized carbons (Fsp3) is 0.136. The number of benzene rings is 3. The number of hydrogen-bond acceptors (Lipinski definition) is 2. The highest BCUT2D eigenvalue weighted by molar-refractivity contribution is 6.30. The highest BCUT2D eigenvalue weighted by Gasteiger charge is 1.99. The smallest absolute Gasteiger partial charge is 0.119 e. The Hall–Kier alpha value is -2.58. The third-order valence-electron chi connectivity index (χ3n) is 4.10. The maximum Gasteiger partial charge on any atom is 0.119 e. The quantitative estimate of drug-likeness (QED) is 0.496. The molecule has 0 radical (unpaired) electrons. The molecule has 0 aliphatic carbocycles. The summed E-state index contributed by atoms with van der Waals surface area (Å²) in [7, 11) is 0. The van der Waals surface area contributed by atoms with Crippen LogP contribution in [0.4, 0.5) is 5.69 Å². The van der Waals surface area contributed by atoms with Crippen LogP contribution < -0.4 is 4.74 Å². The second-order valence-electron chi connectivity index (χ2n) is 5.96. The minimum absolute atomic E-state index is 0.497. The minimum Gasteiger partial charge on any atom is -0.489 e. The SMILES string of the molecule is Cc1cccc(N=Cc2ccc(OCc3cccc(Cl)c3)cc2)c1C. The van der Waals surface area contributed by atoms with Crippen molar-refractivity contribution in [2.45, 2.75) is 20.5 Å². The summed E-state index contributed by atoms with van der Waals surface area (Å²) in [5.41, 5.74) is 5.55. The van der Waals surface area contributed by atoms with Crippen molar-refractivity contribution in [3.63, 3.8) is 0 Å². The topological polar surface area (TPSA) is 21.6 Å². The summed E-state index contributed by atoms with van der Waals surface area (Å²) >= 11 is 5.98. The molecule has 0 fully saturated rings. The van der Waals surface area contributed by atoms with Gasteiger partial charge < -0.3 is 4.74 Å². The highest BCUT2D eigenvalue weighted by atomic mass is 35.5. The molecule has 3 aromatic rings. The van der Waals surface area contributed by atoms with Crippen LogP contribution in [0, 0.1) is 13.8 Å². The van der Waals surface area contributed by atoms with Crippen LogP contribution in [0.3, 0.4) is 0 Å². The van der Waals surface area contributed by atoms with Crippen LogP contribution in [-0.2, 0) is 6.61 Å². The molecule has 0 heterocycles. The van der Waals surface area contributed by atoms with Gasteiger partial charge in [0.1, 0.15) is 12.4 Å². The molecule has 0 bridgehead atoms. The second kappa shape index (κ2) is 8.00. The third kappa shape index (κ3) is 4.71. The average molecular weight is 350 g/mol. The van der Waals surface area contributed by atoms with Crippen LogP contribution in [0.15, 0.2) is 71.7 Å². The Labute approximate surface area is 153 Å². The Morgan fingerprint density at radius 3 is 2.48 bits per heavy atom. The van der Waals surface area contributed by atoms with Crippen LogP contribution in [-0.4, -0.2) is 6.21 Å². The monoisotopic (exact) mass is 349 g/mol. The van der Waals surface area contributed by atoms with Gasteiger partial charge in [-0.2, -0.15) is 0 Å². The Morgan fingerprint density at radius 2 is 1.72 bits per heavy atom. The maximum absolute atomic E-state index is 5.98. The van der Waals surface area contributed by atoms with E-state index in [4.69, 9.17) is 16.3 Å². The van der Waals surface area contributed by atoms with Gasteiger partial charge in [0.15, 0.2) is 0 Å². The molecule has 0 atom stereocenters. The lowest BCUT2D eigenvalue weighted by Gasteiger charge is -2.07. The molecule has 25 heavy (non-hydrogen) atoms. The first kappa shape index (κ1) is 17.2. The molecule has 0 aromatic heterocycles. The molecule has 0 amide bonds. The van der Waals surface area contributed by atoms with Crippen molar-refractivity contribution < 1.29 is 4.74 Å². The first-order valence-corrected chi connectivity index (χ1v) is 8.57. The van der Waals surface area contributed by atoms with Gasteiger partial charge in [0.2, 0.25) is 0 Å². The number of nitrogens with zero attached hydrogens (tertiary/aromatic N) is 1. The molecule has 3 rings (SSSR count). The maximum atomic E-state index is 5.98. The predicted molar refractivity (Wildman–Crippen MR) is 105 cm³/mol. The van der Waals surface area contributed by atoms with Crippen molar-refractivity contribution in [1.82, 2.24) is 0 Å². The Morgan fingerprint density at radius 1 is 0.960 bits per heavy atom. The van der Waals surface area contributed by atoms with Gasteiger partial charge in [-0.25, -0.2) is 0 Å². The van der Waals surface area contributed by atoms with E-state index in [0.717, 1.165) is 27.6 Å². The molecule has 2 nitrogen and oxygen atoms in total. The van der Waals surface area contributed by atoms with Crippen molar-refractivity contribution in [3.8, 4) is 5.75 Å². The molecule has 0 spiro atoms. The summed E-state index contributed by atoms with van der Waals surface area (Å²) in [4.78, 5) is 4.59. The normalized spacial score (nSPS) is 11.0. The Balaban J connectivity index is 1.64. The Bertz CT molecular complexity index is 885. The van der Waals surface area contributed by atoms with Gasteiger partial charge in [0, 0.05) is 11.2 Å². The zero-order chi connectivity index (χ0) is 17.6. The van der Waals surface area contributed by atoms with Crippen LogP contribution in [0.1, 0.15) is 22.3 Å². The zero-order valence-electron chi connectivity index (χ0n) is 14.4. The van der Waals surface area contributed by atoms with Crippen molar-refractivity contribution in [3.05, 3.63) is 94.0 Å². The largest absolute Gasteiger partial charge is 0.489 e. The molecular weight excluding hydrogens is 330 g/mol. The first-order valence-electron chi connectivity index (χ1n) is 8.19. The van der Waals surface area contributed by atoms with Crippen molar-refractivity contribution >= 4 is 23.5 Å². The summed E-state index contributed by atoms with van der Waals surface area (Å²) in [6, 6.07) is 21.8. The van der Waals surface area contributed by atoms with E-state index in [9.17, 15) is 0 Å². The van der Waals surface area contributed by atoms with Gasteiger partial charge in [0.05, 0.1) is 5.69 Å².